The second-order valence-electron chi connectivity index (χ2n) is 9.47. The molecular formula is C24H31Cl2N3O5. The Hall–Kier alpha value is -2.03. The van der Waals surface area contributed by atoms with Gasteiger partial charge < -0.3 is 24.5 Å². The predicted octanol–water partition coefficient (Wildman–Crippen LogP) is 3.56. The van der Waals surface area contributed by atoms with E-state index in [0.29, 0.717) is 62.3 Å². The number of piperidine rings is 1. The van der Waals surface area contributed by atoms with Crippen LogP contribution in [0.3, 0.4) is 0 Å². The number of nitrogens with zero attached hydrogens (tertiary/aromatic N) is 3. The Balaban J connectivity index is 1.41. The van der Waals surface area contributed by atoms with Gasteiger partial charge in [-0.05, 0) is 43.4 Å². The van der Waals surface area contributed by atoms with Gasteiger partial charge in [0.25, 0.3) is 0 Å². The maximum absolute atomic E-state index is 13.4. The summed E-state index contributed by atoms with van der Waals surface area (Å²) in [6.07, 6.45) is 1.74. The molecule has 10 heteroatoms. The van der Waals surface area contributed by atoms with E-state index in [1.165, 1.54) is 11.9 Å². The molecule has 1 aromatic carbocycles. The number of hydrogen-bond acceptors (Lipinski definition) is 4. The smallest absolute Gasteiger partial charge is 0.407 e. The van der Waals surface area contributed by atoms with Gasteiger partial charge in [0.05, 0.1) is 16.1 Å². The number of carbonyl (C=O) groups is 3. The fourth-order valence-corrected chi connectivity index (χ4v) is 5.69. The Kier molecular flexibility index (Phi) is 7.90. The van der Waals surface area contributed by atoms with Gasteiger partial charge in [0, 0.05) is 64.2 Å². The first kappa shape index (κ1) is 25.1. The number of halogens is 2. The van der Waals surface area contributed by atoms with E-state index in [1.807, 2.05) is 11.0 Å². The van der Waals surface area contributed by atoms with Crippen LogP contribution >= 0.6 is 23.2 Å². The first-order valence-corrected chi connectivity index (χ1v) is 12.6. The number of carboxylic acid groups (broad SMARTS) is 1. The van der Waals surface area contributed by atoms with Crippen LogP contribution in [0.2, 0.25) is 10.0 Å². The third-order valence-electron chi connectivity index (χ3n) is 7.50. The zero-order chi connectivity index (χ0) is 24.4. The average Bonchev–Trinajstić information content (AvgIpc) is 3.30. The van der Waals surface area contributed by atoms with E-state index in [2.05, 4.69) is 0 Å². The minimum Gasteiger partial charge on any atom is -0.465 e. The number of hydrogen-bond donors (Lipinski definition) is 1. The number of likely N-dealkylation sites (tertiary alicyclic amines) is 2. The van der Waals surface area contributed by atoms with Gasteiger partial charge in [0.1, 0.15) is 0 Å². The van der Waals surface area contributed by atoms with Crippen molar-refractivity contribution in [2.24, 2.45) is 11.8 Å². The Morgan fingerprint density at radius 2 is 1.56 bits per heavy atom. The molecule has 0 radical (unpaired) electrons. The van der Waals surface area contributed by atoms with E-state index in [-0.39, 0.29) is 35.6 Å². The Labute approximate surface area is 209 Å². The highest BCUT2D eigenvalue weighted by atomic mass is 35.5. The fourth-order valence-electron chi connectivity index (χ4n) is 5.38. The molecule has 3 aliphatic heterocycles. The highest BCUT2D eigenvalue weighted by Gasteiger charge is 2.42. The lowest BCUT2D eigenvalue weighted by Gasteiger charge is -2.36. The minimum absolute atomic E-state index is 0.0267. The SMILES string of the molecule is CN(C(=O)O)[C@H]1CN(C(=O)C2CCN(C(=O)C3CCOCC3)CC2)C[C@@H]1c1ccc(Cl)c(Cl)c1. The molecule has 3 heterocycles. The molecule has 3 aliphatic rings. The van der Waals surface area contributed by atoms with E-state index in [4.69, 9.17) is 27.9 Å². The predicted molar refractivity (Wildman–Crippen MR) is 128 cm³/mol. The summed E-state index contributed by atoms with van der Waals surface area (Å²) >= 11 is 12.3. The highest BCUT2D eigenvalue weighted by Crippen LogP contribution is 2.35. The van der Waals surface area contributed by atoms with Crippen LogP contribution in [-0.2, 0) is 14.3 Å². The van der Waals surface area contributed by atoms with Crippen molar-refractivity contribution < 1.29 is 24.2 Å². The molecule has 4 rings (SSSR count). The Bertz CT molecular complexity index is 931. The molecule has 34 heavy (non-hydrogen) atoms. The van der Waals surface area contributed by atoms with Crippen LogP contribution in [0.25, 0.3) is 0 Å². The summed E-state index contributed by atoms with van der Waals surface area (Å²) in [5.41, 5.74) is 0.861. The molecule has 0 unspecified atom stereocenters. The van der Waals surface area contributed by atoms with E-state index in [9.17, 15) is 19.5 Å². The first-order valence-electron chi connectivity index (χ1n) is 11.8. The molecule has 3 saturated heterocycles. The standard InChI is InChI=1S/C24H31Cl2N3O5/c1-27(24(32)33)21-14-29(13-18(21)17-2-3-19(25)20(26)12-17)23(31)15-4-8-28(9-5-15)22(30)16-6-10-34-11-7-16/h2-3,12,15-16,18,21H,4-11,13-14H2,1H3,(H,32,33)/t18-,21+/m1/s1. The van der Waals surface area contributed by atoms with Crippen molar-refractivity contribution in [2.45, 2.75) is 37.6 Å². The van der Waals surface area contributed by atoms with Gasteiger partial charge in [-0.2, -0.15) is 0 Å². The van der Waals surface area contributed by atoms with Crippen molar-refractivity contribution in [2.75, 3.05) is 46.4 Å². The first-order chi connectivity index (χ1) is 16.3. The van der Waals surface area contributed by atoms with Gasteiger partial charge in [0.15, 0.2) is 0 Å². The Morgan fingerprint density at radius 3 is 2.18 bits per heavy atom. The summed E-state index contributed by atoms with van der Waals surface area (Å²) in [6, 6.07) is 4.92. The van der Waals surface area contributed by atoms with Gasteiger partial charge in [-0.1, -0.05) is 29.3 Å². The van der Waals surface area contributed by atoms with Crippen LogP contribution in [0.15, 0.2) is 18.2 Å². The molecule has 186 valence electrons. The number of likely N-dealkylation sites (N-methyl/N-ethyl adjacent to an activating group) is 1. The largest absolute Gasteiger partial charge is 0.465 e. The summed E-state index contributed by atoms with van der Waals surface area (Å²) in [5, 5.41) is 10.4. The second kappa shape index (κ2) is 10.7. The van der Waals surface area contributed by atoms with Crippen molar-refractivity contribution >= 4 is 41.1 Å². The minimum atomic E-state index is -1.04. The third-order valence-corrected chi connectivity index (χ3v) is 8.24. The molecule has 0 aromatic heterocycles. The quantitative estimate of drug-likeness (QED) is 0.667. The topological polar surface area (TPSA) is 90.4 Å². The molecule has 0 saturated carbocycles. The van der Waals surface area contributed by atoms with Gasteiger partial charge >= 0.3 is 6.09 Å². The molecule has 2 atom stereocenters. The van der Waals surface area contributed by atoms with Crippen LogP contribution in [0.4, 0.5) is 4.79 Å². The van der Waals surface area contributed by atoms with E-state index < -0.39 is 6.09 Å². The van der Waals surface area contributed by atoms with Crippen LogP contribution < -0.4 is 0 Å². The van der Waals surface area contributed by atoms with Crippen molar-refractivity contribution in [3.05, 3.63) is 33.8 Å². The molecule has 0 bridgehead atoms. The lowest BCUT2D eigenvalue weighted by atomic mass is 9.92. The van der Waals surface area contributed by atoms with Gasteiger partial charge in [0.2, 0.25) is 11.8 Å². The van der Waals surface area contributed by atoms with Crippen LogP contribution in [0.1, 0.15) is 37.2 Å². The zero-order valence-electron chi connectivity index (χ0n) is 19.3. The summed E-state index contributed by atoms with van der Waals surface area (Å²) in [6.45, 7) is 3.16. The van der Waals surface area contributed by atoms with Gasteiger partial charge in [-0.25, -0.2) is 4.79 Å². The molecular weight excluding hydrogens is 481 g/mol. The summed E-state index contributed by atoms with van der Waals surface area (Å²) in [7, 11) is 1.53. The fraction of sp³-hybridized carbons (Fsp3) is 0.625. The zero-order valence-corrected chi connectivity index (χ0v) is 20.8. The van der Waals surface area contributed by atoms with Crippen LogP contribution in [0.5, 0.6) is 0 Å². The molecule has 3 amide bonds. The molecule has 8 nitrogen and oxygen atoms in total. The number of ether oxygens (including phenoxy) is 1. The maximum atomic E-state index is 13.4. The maximum Gasteiger partial charge on any atom is 0.407 e. The lowest BCUT2D eigenvalue weighted by Crippen LogP contribution is -2.47. The molecule has 0 aliphatic carbocycles. The molecule has 0 spiro atoms. The van der Waals surface area contributed by atoms with Crippen molar-refractivity contribution in [1.29, 1.82) is 0 Å². The molecule has 1 aromatic rings. The molecule has 3 fully saturated rings. The van der Waals surface area contributed by atoms with E-state index >= 15 is 0 Å². The van der Waals surface area contributed by atoms with Crippen molar-refractivity contribution in [1.82, 2.24) is 14.7 Å². The summed E-state index contributed by atoms with van der Waals surface area (Å²) < 4.78 is 5.36. The van der Waals surface area contributed by atoms with E-state index in [1.54, 1.807) is 17.0 Å². The number of carbonyl (C=O) groups excluding carboxylic acids is 2. The molecule has 1 N–H and O–H groups in total. The highest BCUT2D eigenvalue weighted by molar-refractivity contribution is 6.42. The monoisotopic (exact) mass is 511 g/mol. The third kappa shape index (κ3) is 5.29. The Morgan fingerprint density at radius 1 is 0.941 bits per heavy atom. The summed E-state index contributed by atoms with van der Waals surface area (Å²) in [4.78, 5) is 42.9. The van der Waals surface area contributed by atoms with Crippen LogP contribution in [0, 0.1) is 11.8 Å². The average molecular weight is 512 g/mol. The van der Waals surface area contributed by atoms with Gasteiger partial charge in [-0.3, -0.25) is 9.59 Å². The number of amides is 3. The van der Waals surface area contributed by atoms with Crippen molar-refractivity contribution in [3.63, 3.8) is 0 Å². The second-order valence-corrected chi connectivity index (χ2v) is 10.3. The lowest BCUT2D eigenvalue weighted by molar-refractivity contribution is -0.144. The van der Waals surface area contributed by atoms with Gasteiger partial charge in [-0.15, -0.1) is 0 Å². The number of benzene rings is 1. The number of rotatable bonds is 4. The normalized spacial score (nSPS) is 24.3. The van der Waals surface area contributed by atoms with E-state index in [0.717, 1.165) is 18.4 Å². The summed E-state index contributed by atoms with van der Waals surface area (Å²) in [5.74, 6) is -0.126. The van der Waals surface area contributed by atoms with Crippen molar-refractivity contribution in [3.8, 4) is 0 Å². The van der Waals surface area contributed by atoms with Crippen LogP contribution in [-0.4, -0.2) is 90.2 Å².